The van der Waals surface area contributed by atoms with Crippen molar-refractivity contribution >= 4 is 43.9 Å². The van der Waals surface area contributed by atoms with E-state index >= 15 is 0 Å². The minimum Gasteiger partial charge on any atom is -0.456 e. The van der Waals surface area contributed by atoms with E-state index in [0.29, 0.717) is 0 Å². The number of para-hydroxylation sites is 2. The summed E-state index contributed by atoms with van der Waals surface area (Å²) in [7, 11) is 0. The number of hydrogen-bond donors (Lipinski definition) is 0. The van der Waals surface area contributed by atoms with Gasteiger partial charge in [0.2, 0.25) is 0 Å². The Labute approximate surface area is 155 Å². The second-order valence-corrected chi connectivity index (χ2v) is 7.04. The average molecular weight is 348 g/mol. The molecule has 27 heavy (non-hydrogen) atoms. The standard InChI is InChI=1S/C25H16O2/c1-15-6-4-9-18-20-14-16(12-13-22(20)27-25(15)18)17-8-5-11-23-24(17)19-7-2-3-10-21(19)26-23/h2-14H,1H3. The van der Waals surface area contributed by atoms with Crippen molar-refractivity contribution in [1.29, 1.82) is 0 Å². The number of hydrogen-bond acceptors (Lipinski definition) is 2. The molecule has 4 aromatic carbocycles. The number of fused-ring (bicyclic) bond motifs is 6. The van der Waals surface area contributed by atoms with Gasteiger partial charge in [-0.15, -0.1) is 0 Å². The molecule has 0 spiro atoms. The number of rotatable bonds is 1. The molecule has 0 atom stereocenters. The van der Waals surface area contributed by atoms with E-state index in [4.69, 9.17) is 8.83 Å². The lowest BCUT2D eigenvalue weighted by Gasteiger charge is -2.04. The van der Waals surface area contributed by atoms with E-state index in [2.05, 4.69) is 67.6 Å². The van der Waals surface area contributed by atoms with Crippen LogP contribution in [0.25, 0.3) is 55.0 Å². The van der Waals surface area contributed by atoms with E-state index in [9.17, 15) is 0 Å². The van der Waals surface area contributed by atoms with Crippen molar-refractivity contribution in [1.82, 2.24) is 0 Å². The van der Waals surface area contributed by atoms with Gasteiger partial charge in [-0.2, -0.15) is 0 Å². The second-order valence-electron chi connectivity index (χ2n) is 7.04. The maximum absolute atomic E-state index is 6.10. The molecule has 128 valence electrons. The molecule has 2 nitrogen and oxygen atoms in total. The highest BCUT2D eigenvalue weighted by atomic mass is 16.3. The SMILES string of the molecule is Cc1cccc2c1oc1ccc(-c3cccc4oc5ccccc5c34)cc12. The Morgan fingerprint density at radius 3 is 2.33 bits per heavy atom. The van der Waals surface area contributed by atoms with Crippen LogP contribution in [-0.2, 0) is 0 Å². The summed E-state index contributed by atoms with van der Waals surface area (Å²) in [6, 6.07) is 27.2. The predicted octanol–water partition coefficient (Wildman–Crippen LogP) is 7.46. The third-order valence-corrected chi connectivity index (χ3v) is 5.41. The van der Waals surface area contributed by atoms with Crippen molar-refractivity contribution in [3.05, 3.63) is 84.4 Å². The van der Waals surface area contributed by atoms with E-state index in [1.807, 2.05) is 18.2 Å². The Kier molecular flexibility index (Phi) is 2.84. The minimum absolute atomic E-state index is 0.918. The van der Waals surface area contributed by atoms with Crippen molar-refractivity contribution in [2.24, 2.45) is 0 Å². The fourth-order valence-electron chi connectivity index (χ4n) is 4.12. The minimum atomic E-state index is 0.918. The fraction of sp³-hybridized carbons (Fsp3) is 0.0400. The van der Waals surface area contributed by atoms with Crippen molar-refractivity contribution in [3.8, 4) is 11.1 Å². The zero-order chi connectivity index (χ0) is 18.0. The summed E-state index contributed by atoms with van der Waals surface area (Å²) in [5.74, 6) is 0. The van der Waals surface area contributed by atoms with Gasteiger partial charge in [0, 0.05) is 21.5 Å². The molecule has 0 amide bonds. The van der Waals surface area contributed by atoms with Crippen molar-refractivity contribution in [2.45, 2.75) is 6.92 Å². The first-order valence-electron chi connectivity index (χ1n) is 9.12. The molecule has 0 aliphatic carbocycles. The third kappa shape index (κ3) is 2.01. The van der Waals surface area contributed by atoms with Gasteiger partial charge in [-0.25, -0.2) is 0 Å². The maximum Gasteiger partial charge on any atom is 0.138 e. The Morgan fingerprint density at radius 2 is 1.37 bits per heavy atom. The normalized spacial score (nSPS) is 11.9. The van der Waals surface area contributed by atoms with Crippen LogP contribution < -0.4 is 0 Å². The summed E-state index contributed by atoms with van der Waals surface area (Å²) in [5, 5.41) is 4.62. The molecular formula is C25H16O2. The first-order valence-corrected chi connectivity index (χ1v) is 9.12. The van der Waals surface area contributed by atoms with Crippen molar-refractivity contribution < 1.29 is 8.83 Å². The molecule has 0 unspecified atom stereocenters. The zero-order valence-corrected chi connectivity index (χ0v) is 14.8. The summed E-state index contributed by atoms with van der Waals surface area (Å²) >= 11 is 0. The summed E-state index contributed by atoms with van der Waals surface area (Å²) in [4.78, 5) is 0. The molecule has 0 fully saturated rings. The van der Waals surface area contributed by atoms with Crippen LogP contribution in [0.4, 0.5) is 0 Å². The molecule has 6 rings (SSSR count). The van der Waals surface area contributed by atoms with Crippen LogP contribution in [0.15, 0.2) is 87.7 Å². The van der Waals surface area contributed by atoms with Crippen LogP contribution in [0.5, 0.6) is 0 Å². The van der Waals surface area contributed by atoms with Gasteiger partial charge in [-0.3, -0.25) is 0 Å². The quantitative estimate of drug-likeness (QED) is 0.308. The smallest absolute Gasteiger partial charge is 0.138 e. The van der Waals surface area contributed by atoms with Gasteiger partial charge in [0.05, 0.1) is 0 Å². The van der Waals surface area contributed by atoms with Crippen molar-refractivity contribution in [3.63, 3.8) is 0 Å². The molecule has 0 saturated heterocycles. The second kappa shape index (κ2) is 5.24. The van der Waals surface area contributed by atoms with Crippen molar-refractivity contribution in [2.75, 3.05) is 0 Å². The molecule has 0 radical (unpaired) electrons. The molecular weight excluding hydrogens is 332 g/mol. The lowest BCUT2D eigenvalue weighted by Crippen LogP contribution is -1.80. The van der Waals surface area contributed by atoms with E-state index < -0.39 is 0 Å². The molecule has 0 aliphatic rings. The van der Waals surface area contributed by atoms with Gasteiger partial charge in [0.25, 0.3) is 0 Å². The molecule has 2 heterocycles. The zero-order valence-electron chi connectivity index (χ0n) is 14.8. The summed E-state index contributed by atoms with van der Waals surface area (Å²) in [5.41, 5.74) is 7.24. The first-order chi connectivity index (χ1) is 13.3. The molecule has 0 aliphatic heterocycles. The summed E-state index contributed by atoms with van der Waals surface area (Å²) in [6.07, 6.45) is 0. The Hall–Kier alpha value is -3.52. The highest BCUT2D eigenvalue weighted by Gasteiger charge is 2.14. The van der Waals surface area contributed by atoms with Crippen LogP contribution >= 0.6 is 0 Å². The van der Waals surface area contributed by atoms with Crippen LogP contribution in [0.3, 0.4) is 0 Å². The highest BCUT2D eigenvalue weighted by molar-refractivity contribution is 6.14. The summed E-state index contributed by atoms with van der Waals surface area (Å²) < 4.78 is 12.2. The van der Waals surface area contributed by atoms with Gasteiger partial charge >= 0.3 is 0 Å². The van der Waals surface area contributed by atoms with Gasteiger partial charge in [0.15, 0.2) is 0 Å². The largest absolute Gasteiger partial charge is 0.456 e. The average Bonchev–Trinajstić information content (AvgIpc) is 3.26. The van der Waals surface area contributed by atoms with E-state index in [1.165, 1.54) is 11.1 Å². The number of aryl methyl sites for hydroxylation is 1. The van der Waals surface area contributed by atoms with Gasteiger partial charge < -0.3 is 8.83 Å². The lowest BCUT2D eigenvalue weighted by molar-refractivity contribution is 0.666. The number of benzene rings is 4. The topological polar surface area (TPSA) is 26.3 Å². The van der Waals surface area contributed by atoms with E-state index in [0.717, 1.165) is 49.4 Å². The molecule has 0 N–H and O–H groups in total. The maximum atomic E-state index is 6.10. The fourth-order valence-corrected chi connectivity index (χ4v) is 4.12. The van der Waals surface area contributed by atoms with Crippen LogP contribution in [0, 0.1) is 6.92 Å². The van der Waals surface area contributed by atoms with Crippen LogP contribution in [0.1, 0.15) is 5.56 Å². The predicted molar refractivity (Wildman–Crippen MR) is 111 cm³/mol. The molecule has 0 bridgehead atoms. The molecule has 0 saturated carbocycles. The van der Waals surface area contributed by atoms with Crippen LogP contribution in [-0.4, -0.2) is 0 Å². The van der Waals surface area contributed by atoms with E-state index in [-0.39, 0.29) is 0 Å². The monoisotopic (exact) mass is 348 g/mol. The third-order valence-electron chi connectivity index (χ3n) is 5.41. The molecule has 2 heteroatoms. The summed E-state index contributed by atoms with van der Waals surface area (Å²) in [6.45, 7) is 2.09. The van der Waals surface area contributed by atoms with Gasteiger partial charge in [0.1, 0.15) is 22.3 Å². The Balaban J connectivity index is 1.70. The van der Waals surface area contributed by atoms with Gasteiger partial charge in [-0.05, 0) is 47.9 Å². The van der Waals surface area contributed by atoms with Crippen LogP contribution in [0.2, 0.25) is 0 Å². The molecule has 6 aromatic rings. The van der Waals surface area contributed by atoms with Gasteiger partial charge in [-0.1, -0.05) is 54.6 Å². The highest BCUT2D eigenvalue weighted by Crippen LogP contribution is 2.39. The lowest BCUT2D eigenvalue weighted by atomic mass is 9.98. The Bertz CT molecular complexity index is 1480. The van der Waals surface area contributed by atoms with E-state index in [1.54, 1.807) is 0 Å². The Morgan fingerprint density at radius 1 is 0.593 bits per heavy atom. The first kappa shape index (κ1) is 14.6. The molecule has 2 aromatic heterocycles. The number of furan rings is 2.